The average molecular weight is 540 g/mol. The van der Waals surface area contributed by atoms with E-state index in [-0.39, 0.29) is 36.7 Å². The van der Waals surface area contributed by atoms with Crippen molar-refractivity contribution in [1.29, 1.82) is 5.26 Å². The van der Waals surface area contributed by atoms with Crippen LogP contribution in [0, 0.1) is 11.3 Å². The minimum atomic E-state index is -1.77. The SMILES string of the molecule is C[C@H]1CN(C(C)(C)C=C(C#N)C(=O)N2CCCCC(OC(=O)NC(Cc3ccccc3)B(O)O)C2)C[C@H](C)O1. The molecule has 1 aromatic carbocycles. The monoisotopic (exact) mass is 540 g/mol. The first-order chi connectivity index (χ1) is 18.5. The van der Waals surface area contributed by atoms with Crippen LogP contribution in [0.5, 0.6) is 0 Å². The number of rotatable bonds is 8. The maximum Gasteiger partial charge on any atom is 0.475 e. The zero-order valence-corrected chi connectivity index (χ0v) is 23.4. The van der Waals surface area contributed by atoms with Crippen molar-refractivity contribution >= 4 is 19.1 Å². The van der Waals surface area contributed by atoms with Crippen molar-refractivity contribution in [3.8, 4) is 6.07 Å². The summed E-state index contributed by atoms with van der Waals surface area (Å²) in [5, 5.41) is 32.0. The van der Waals surface area contributed by atoms with E-state index < -0.39 is 30.8 Å². The molecule has 2 aliphatic rings. The van der Waals surface area contributed by atoms with Gasteiger partial charge >= 0.3 is 13.2 Å². The standard InChI is InChI=1S/C28H41BN4O6/c1-20-17-33(18-21(2)38-20)28(3,4)15-23(16-30)26(34)32-13-9-8-12-24(19-32)39-27(35)31-25(29(36)37)14-22-10-6-5-7-11-22/h5-7,10-11,15,20-21,24-25,36-37H,8-9,12-14,17-19H2,1-4H3,(H,31,35)/t20-,21-,24?,25?/m0/s1. The Labute approximate surface area is 231 Å². The van der Waals surface area contributed by atoms with Gasteiger partial charge in [0.05, 0.1) is 24.7 Å². The van der Waals surface area contributed by atoms with Crippen LogP contribution >= 0.6 is 0 Å². The van der Waals surface area contributed by atoms with Gasteiger partial charge in [-0.3, -0.25) is 9.69 Å². The van der Waals surface area contributed by atoms with Crippen LogP contribution in [0.15, 0.2) is 42.0 Å². The third-order valence-electron chi connectivity index (χ3n) is 7.23. The van der Waals surface area contributed by atoms with Gasteiger partial charge < -0.3 is 29.7 Å². The van der Waals surface area contributed by atoms with Crippen LogP contribution in [0.3, 0.4) is 0 Å². The molecule has 0 aromatic heterocycles. The molecule has 0 bridgehead atoms. The van der Waals surface area contributed by atoms with Crippen molar-refractivity contribution in [3.05, 3.63) is 47.5 Å². The Morgan fingerprint density at radius 2 is 1.87 bits per heavy atom. The second-order valence-corrected chi connectivity index (χ2v) is 11.1. The van der Waals surface area contributed by atoms with E-state index >= 15 is 0 Å². The van der Waals surface area contributed by atoms with Crippen LogP contribution in [0.4, 0.5) is 4.79 Å². The molecule has 39 heavy (non-hydrogen) atoms. The Hall–Kier alpha value is -2.91. The molecule has 2 aliphatic heterocycles. The lowest BCUT2D eigenvalue weighted by molar-refractivity contribution is -0.128. The fourth-order valence-corrected chi connectivity index (χ4v) is 5.22. The largest absolute Gasteiger partial charge is 0.475 e. The Morgan fingerprint density at radius 3 is 2.49 bits per heavy atom. The molecule has 0 radical (unpaired) electrons. The molecule has 2 heterocycles. The fraction of sp³-hybridized carbons (Fsp3) is 0.607. The van der Waals surface area contributed by atoms with Gasteiger partial charge in [-0.25, -0.2) is 4.79 Å². The van der Waals surface area contributed by atoms with Gasteiger partial charge in [-0.1, -0.05) is 30.3 Å². The summed E-state index contributed by atoms with van der Waals surface area (Å²) in [6.45, 7) is 10.0. The highest BCUT2D eigenvalue weighted by Crippen LogP contribution is 2.25. The predicted molar refractivity (Wildman–Crippen MR) is 147 cm³/mol. The van der Waals surface area contributed by atoms with E-state index in [2.05, 4.69) is 16.3 Å². The molecule has 3 N–H and O–H groups in total. The zero-order chi connectivity index (χ0) is 28.6. The van der Waals surface area contributed by atoms with E-state index in [1.807, 2.05) is 58.0 Å². The number of likely N-dealkylation sites (tertiary alicyclic amines) is 1. The van der Waals surface area contributed by atoms with E-state index in [0.717, 1.165) is 18.4 Å². The fourth-order valence-electron chi connectivity index (χ4n) is 5.22. The Bertz CT molecular complexity index is 1030. The van der Waals surface area contributed by atoms with Crippen LogP contribution in [0.1, 0.15) is 52.5 Å². The summed E-state index contributed by atoms with van der Waals surface area (Å²) < 4.78 is 11.4. The van der Waals surface area contributed by atoms with Crippen molar-refractivity contribution < 1.29 is 29.1 Å². The minimum Gasteiger partial charge on any atom is -0.444 e. The number of carbonyl (C=O) groups is 2. The van der Waals surface area contributed by atoms with E-state index in [4.69, 9.17) is 9.47 Å². The quantitative estimate of drug-likeness (QED) is 0.259. The highest BCUT2D eigenvalue weighted by atomic mass is 16.6. The van der Waals surface area contributed by atoms with Crippen LogP contribution in [0.25, 0.3) is 0 Å². The molecule has 2 unspecified atom stereocenters. The lowest BCUT2D eigenvalue weighted by Gasteiger charge is -2.43. The van der Waals surface area contributed by atoms with Gasteiger partial charge in [0, 0.05) is 25.2 Å². The van der Waals surface area contributed by atoms with Gasteiger partial charge in [0.15, 0.2) is 0 Å². The summed E-state index contributed by atoms with van der Waals surface area (Å²) in [5.74, 6) is -1.34. The number of carbonyl (C=O) groups excluding carboxylic acids is 2. The maximum atomic E-state index is 13.4. The second kappa shape index (κ2) is 13.9. The molecule has 0 spiro atoms. The number of nitrogens with zero attached hydrogens (tertiary/aromatic N) is 3. The first-order valence-electron chi connectivity index (χ1n) is 13.7. The van der Waals surface area contributed by atoms with E-state index in [9.17, 15) is 24.9 Å². The van der Waals surface area contributed by atoms with E-state index in [1.165, 1.54) is 0 Å². The smallest absolute Gasteiger partial charge is 0.444 e. The molecule has 10 nitrogen and oxygen atoms in total. The van der Waals surface area contributed by atoms with Gasteiger partial charge in [0.2, 0.25) is 0 Å². The van der Waals surface area contributed by atoms with Crippen molar-refractivity contribution in [2.24, 2.45) is 0 Å². The van der Waals surface area contributed by atoms with Crippen LogP contribution in [-0.4, -0.2) is 94.9 Å². The Kier molecular flexibility index (Phi) is 11.0. The summed E-state index contributed by atoms with van der Waals surface area (Å²) in [7, 11) is -1.77. The lowest BCUT2D eigenvalue weighted by atomic mass is 9.76. The third kappa shape index (κ3) is 9.07. The van der Waals surface area contributed by atoms with Crippen LogP contribution in [0.2, 0.25) is 0 Å². The van der Waals surface area contributed by atoms with Crippen molar-refractivity contribution in [2.45, 2.75) is 83.2 Å². The number of benzene rings is 1. The Morgan fingerprint density at radius 1 is 1.21 bits per heavy atom. The van der Waals surface area contributed by atoms with Crippen LogP contribution < -0.4 is 5.32 Å². The summed E-state index contributed by atoms with van der Waals surface area (Å²) in [6.07, 6.45) is 2.71. The predicted octanol–water partition coefficient (Wildman–Crippen LogP) is 2.05. The highest BCUT2D eigenvalue weighted by Gasteiger charge is 2.34. The number of hydrogen-bond acceptors (Lipinski definition) is 8. The number of morpholine rings is 1. The van der Waals surface area contributed by atoms with E-state index in [1.54, 1.807) is 11.0 Å². The molecule has 3 rings (SSSR count). The van der Waals surface area contributed by atoms with E-state index in [0.29, 0.717) is 26.1 Å². The molecule has 0 saturated carbocycles. The van der Waals surface area contributed by atoms with Gasteiger partial charge in [0.1, 0.15) is 17.7 Å². The number of nitrogens with one attached hydrogen (secondary N) is 1. The number of alkyl carbamates (subject to hydrolysis) is 1. The first kappa shape index (κ1) is 30.6. The van der Waals surface area contributed by atoms with Crippen molar-refractivity contribution in [3.63, 3.8) is 0 Å². The summed E-state index contributed by atoms with van der Waals surface area (Å²) >= 11 is 0. The average Bonchev–Trinajstić information content (AvgIpc) is 3.12. The number of amides is 2. The van der Waals surface area contributed by atoms with Gasteiger partial charge in [-0.05, 0) is 65.0 Å². The normalized spacial score (nSPS) is 23.8. The molecule has 2 amide bonds. The topological polar surface area (TPSA) is 135 Å². The highest BCUT2D eigenvalue weighted by molar-refractivity contribution is 6.43. The molecule has 11 heteroatoms. The second-order valence-electron chi connectivity index (χ2n) is 11.1. The Balaban J connectivity index is 1.64. The van der Waals surface area contributed by atoms with Gasteiger partial charge in [-0.2, -0.15) is 5.26 Å². The van der Waals surface area contributed by atoms with Crippen molar-refractivity contribution in [2.75, 3.05) is 26.2 Å². The summed E-state index contributed by atoms with van der Waals surface area (Å²) in [5.41, 5.74) is 0.359. The van der Waals surface area contributed by atoms with Gasteiger partial charge in [-0.15, -0.1) is 0 Å². The van der Waals surface area contributed by atoms with Crippen molar-refractivity contribution in [1.82, 2.24) is 15.1 Å². The molecule has 2 fully saturated rings. The molecule has 0 aliphatic carbocycles. The molecular formula is C28H41BN4O6. The number of ether oxygens (including phenoxy) is 2. The third-order valence-corrected chi connectivity index (χ3v) is 7.23. The molecule has 1 aromatic rings. The summed E-state index contributed by atoms with van der Waals surface area (Å²) in [6, 6.07) is 11.3. The van der Waals surface area contributed by atoms with Gasteiger partial charge in [0.25, 0.3) is 5.91 Å². The lowest BCUT2D eigenvalue weighted by Crippen LogP contribution is -2.54. The molecular weight excluding hydrogens is 499 g/mol. The maximum absolute atomic E-state index is 13.4. The number of hydrogen-bond donors (Lipinski definition) is 3. The number of nitriles is 1. The zero-order valence-electron chi connectivity index (χ0n) is 23.4. The molecule has 2 saturated heterocycles. The van der Waals surface area contributed by atoms with Crippen LogP contribution in [-0.2, 0) is 20.7 Å². The molecule has 4 atom stereocenters. The molecule has 212 valence electrons. The summed E-state index contributed by atoms with van der Waals surface area (Å²) in [4.78, 5) is 29.9. The minimum absolute atomic E-state index is 0.0524. The first-order valence-corrected chi connectivity index (χ1v) is 13.7.